The number of nitrogens with zero attached hydrogens (tertiary/aromatic N) is 4. The van der Waals surface area contributed by atoms with Crippen LogP contribution in [0.1, 0.15) is 24.1 Å². The molecule has 1 saturated heterocycles. The summed E-state index contributed by atoms with van der Waals surface area (Å²) in [5.41, 5.74) is 2.89. The van der Waals surface area contributed by atoms with E-state index in [0.717, 1.165) is 16.7 Å². The van der Waals surface area contributed by atoms with E-state index in [4.69, 9.17) is 0 Å². The number of hydrogen-bond acceptors (Lipinski definition) is 6. The second kappa shape index (κ2) is 7.97. The van der Waals surface area contributed by atoms with Gasteiger partial charge in [-0.2, -0.15) is 5.10 Å². The summed E-state index contributed by atoms with van der Waals surface area (Å²) in [6, 6.07) is 6.80. The molecular formula is C20H18F2N6O2. The number of benzene rings is 1. The number of aromatic nitrogens is 4. The van der Waals surface area contributed by atoms with Crippen molar-refractivity contribution in [2.75, 3.05) is 5.32 Å². The van der Waals surface area contributed by atoms with Crippen LogP contribution in [0, 0.1) is 12.8 Å². The lowest BCUT2D eigenvalue weighted by Crippen LogP contribution is -2.24. The third-order valence-corrected chi connectivity index (χ3v) is 4.67. The Labute approximate surface area is 170 Å². The number of imide groups is 1. The van der Waals surface area contributed by atoms with Crippen LogP contribution in [0.25, 0.3) is 11.1 Å². The van der Waals surface area contributed by atoms with E-state index >= 15 is 0 Å². The Morgan fingerprint density at radius 3 is 2.83 bits per heavy atom. The molecule has 0 radical (unpaired) electrons. The first-order valence-electron chi connectivity index (χ1n) is 9.24. The maximum absolute atomic E-state index is 12.9. The van der Waals surface area contributed by atoms with Crippen LogP contribution in [0.15, 0.2) is 42.9 Å². The molecule has 4 rings (SSSR count). The predicted molar refractivity (Wildman–Crippen MR) is 104 cm³/mol. The zero-order valence-electron chi connectivity index (χ0n) is 16.0. The molecule has 154 valence electrons. The smallest absolute Gasteiger partial charge is 0.280 e. The highest BCUT2D eigenvalue weighted by atomic mass is 19.3. The number of hydrogen-bond donors (Lipinski definition) is 2. The maximum Gasteiger partial charge on any atom is 0.280 e. The summed E-state index contributed by atoms with van der Waals surface area (Å²) < 4.78 is 27.3. The summed E-state index contributed by atoms with van der Waals surface area (Å²) in [5.74, 6) is -0.911. The first kappa shape index (κ1) is 19.6. The van der Waals surface area contributed by atoms with Gasteiger partial charge in [0.15, 0.2) is 0 Å². The van der Waals surface area contributed by atoms with Gasteiger partial charge in [-0.15, -0.1) is 0 Å². The fourth-order valence-electron chi connectivity index (χ4n) is 3.30. The van der Waals surface area contributed by atoms with E-state index in [1.54, 1.807) is 17.1 Å². The lowest BCUT2D eigenvalue weighted by atomic mass is 10.1. The molecule has 8 nitrogen and oxygen atoms in total. The van der Waals surface area contributed by atoms with Crippen LogP contribution in [-0.2, 0) is 16.1 Å². The zero-order valence-corrected chi connectivity index (χ0v) is 16.0. The Morgan fingerprint density at radius 2 is 2.10 bits per heavy atom. The van der Waals surface area contributed by atoms with Gasteiger partial charge >= 0.3 is 0 Å². The maximum atomic E-state index is 12.9. The van der Waals surface area contributed by atoms with E-state index in [1.807, 2.05) is 25.1 Å². The molecule has 2 aromatic heterocycles. The molecular weight excluding hydrogens is 394 g/mol. The minimum absolute atomic E-state index is 0.0805. The third kappa shape index (κ3) is 4.32. The van der Waals surface area contributed by atoms with Crippen molar-refractivity contribution in [2.24, 2.45) is 5.92 Å². The standard InChI is InChI=1S/C20H18F2N6O2/c1-11-4-12(6-15(5-11)25-20-23-3-2-16(26-20)18(21)22)14-8-24-28(10-14)9-13-7-17(29)27-19(13)30/h2-6,8,10,13,18H,7,9H2,1H3,(H,23,25,26)(H,27,29,30)/t13-/m1/s1. The van der Waals surface area contributed by atoms with Crippen molar-refractivity contribution in [1.82, 2.24) is 25.1 Å². The molecule has 0 aliphatic carbocycles. The largest absolute Gasteiger partial charge is 0.324 e. The zero-order chi connectivity index (χ0) is 21.3. The number of carbonyl (C=O) groups excluding carboxylic acids is 2. The first-order chi connectivity index (χ1) is 14.4. The molecule has 3 heterocycles. The molecule has 1 fully saturated rings. The fraction of sp³-hybridized carbons (Fsp3) is 0.250. The molecule has 3 aromatic rings. The van der Waals surface area contributed by atoms with Crippen LogP contribution < -0.4 is 10.6 Å². The van der Waals surface area contributed by atoms with Crippen molar-refractivity contribution < 1.29 is 18.4 Å². The SMILES string of the molecule is Cc1cc(Nc2nccc(C(F)F)n2)cc(-c2cnn(C[C@H]3CC(=O)NC3=O)c2)c1. The van der Waals surface area contributed by atoms with Gasteiger partial charge in [0.2, 0.25) is 17.8 Å². The molecule has 0 bridgehead atoms. The average Bonchev–Trinajstić information content (AvgIpc) is 3.28. The van der Waals surface area contributed by atoms with Crippen molar-refractivity contribution in [1.29, 1.82) is 0 Å². The summed E-state index contributed by atoms with van der Waals surface area (Å²) in [7, 11) is 0. The van der Waals surface area contributed by atoms with E-state index in [2.05, 4.69) is 25.7 Å². The lowest BCUT2D eigenvalue weighted by molar-refractivity contribution is -0.125. The van der Waals surface area contributed by atoms with Gasteiger partial charge in [0.1, 0.15) is 5.69 Å². The van der Waals surface area contributed by atoms with Gasteiger partial charge in [-0.05, 0) is 36.2 Å². The van der Waals surface area contributed by atoms with E-state index in [1.165, 1.54) is 12.3 Å². The second-order valence-electron chi connectivity index (χ2n) is 7.08. The van der Waals surface area contributed by atoms with Crippen LogP contribution in [0.3, 0.4) is 0 Å². The summed E-state index contributed by atoms with van der Waals surface area (Å²) >= 11 is 0. The highest BCUT2D eigenvalue weighted by molar-refractivity contribution is 6.03. The van der Waals surface area contributed by atoms with Crippen LogP contribution in [-0.4, -0.2) is 31.6 Å². The Hall–Kier alpha value is -3.69. The summed E-state index contributed by atoms with van der Waals surface area (Å²) in [6.45, 7) is 2.22. The van der Waals surface area contributed by atoms with E-state index in [0.29, 0.717) is 12.2 Å². The molecule has 2 amide bonds. The fourth-order valence-corrected chi connectivity index (χ4v) is 3.30. The Bertz CT molecular complexity index is 1110. The highest BCUT2D eigenvalue weighted by Crippen LogP contribution is 2.27. The number of aryl methyl sites for hydroxylation is 1. The van der Waals surface area contributed by atoms with Crippen molar-refractivity contribution in [3.63, 3.8) is 0 Å². The number of halogens is 2. The quantitative estimate of drug-likeness (QED) is 0.604. The number of anilines is 2. The van der Waals surface area contributed by atoms with Gasteiger partial charge in [-0.3, -0.25) is 19.6 Å². The predicted octanol–water partition coefficient (Wildman–Crippen LogP) is 2.99. The van der Waals surface area contributed by atoms with E-state index in [-0.39, 0.29) is 29.9 Å². The number of carbonyl (C=O) groups is 2. The normalized spacial score (nSPS) is 16.2. The van der Waals surface area contributed by atoms with Gasteiger partial charge in [-0.25, -0.2) is 18.7 Å². The molecule has 1 aliphatic rings. The molecule has 30 heavy (non-hydrogen) atoms. The highest BCUT2D eigenvalue weighted by Gasteiger charge is 2.30. The molecule has 1 atom stereocenters. The monoisotopic (exact) mass is 412 g/mol. The third-order valence-electron chi connectivity index (χ3n) is 4.67. The van der Waals surface area contributed by atoms with Crippen LogP contribution in [0.2, 0.25) is 0 Å². The molecule has 1 aliphatic heterocycles. The van der Waals surface area contributed by atoms with Crippen LogP contribution in [0.4, 0.5) is 20.4 Å². The number of amides is 2. The lowest BCUT2D eigenvalue weighted by Gasteiger charge is -2.09. The van der Waals surface area contributed by atoms with Crippen LogP contribution >= 0.6 is 0 Å². The Morgan fingerprint density at radius 1 is 1.27 bits per heavy atom. The topological polar surface area (TPSA) is 102 Å². The van der Waals surface area contributed by atoms with Gasteiger partial charge in [-0.1, -0.05) is 6.07 Å². The minimum Gasteiger partial charge on any atom is -0.324 e. The van der Waals surface area contributed by atoms with E-state index < -0.39 is 12.3 Å². The van der Waals surface area contributed by atoms with Crippen molar-refractivity contribution >= 4 is 23.5 Å². The molecule has 0 unspecified atom stereocenters. The number of alkyl halides is 2. The van der Waals surface area contributed by atoms with Gasteiger partial charge in [0, 0.05) is 30.1 Å². The van der Waals surface area contributed by atoms with Gasteiger partial charge < -0.3 is 5.32 Å². The first-order valence-corrected chi connectivity index (χ1v) is 9.24. The van der Waals surface area contributed by atoms with E-state index in [9.17, 15) is 18.4 Å². The summed E-state index contributed by atoms with van der Waals surface area (Å²) in [4.78, 5) is 30.9. The van der Waals surface area contributed by atoms with Crippen molar-refractivity contribution in [3.05, 3.63) is 54.1 Å². The summed E-state index contributed by atoms with van der Waals surface area (Å²) in [5, 5.41) is 9.53. The average molecular weight is 412 g/mol. The minimum atomic E-state index is -2.68. The second-order valence-corrected chi connectivity index (χ2v) is 7.08. The number of rotatable bonds is 6. The van der Waals surface area contributed by atoms with Gasteiger partial charge in [0.25, 0.3) is 6.43 Å². The van der Waals surface area contributed by atoms with Crippen LogP contribution in [0.5, 0.6) is 0 Å². The molecule has 2 N–H and O–H groups in total. The van der Waals surface area contributed by atoms with Gasteiger partial charge in [0.05, 0.1) is 18.7 Å². The molecule has 1 aromatic carbocycles. The number of nitrogens with one attached hydrogen (secondary N) is 2. The Balaban J connectivity index is 1.54. The van der Waals surface area contributed by atoms with Crippen molar-refractivity contribution in [3.8, 4) is 11.1 Å². The summed E-state index contributed by atoms with van der Waals surface area (Å²) in [6.07, 6.45) is 2.22. The van der Waals surface area contributed by atoms with Crippen molar-refractivity contribution in [2.45, 2.75) is 26.3 Å². The molecule has 0 saturated carbocycles. The Kier molecular flexibility index (Phi) is 5.21. The molecule has 0 spiro atoms. The molecule has 10 heteroatoms.